The minimum Gasteiger partial charge on any atom is -0.354 e. The molecule has 0 aromatic rings. The molecule has 3 unspecified atom stereocenters. The Hall–Kier alpha value is -0.610. The van der Waals surface area contributed by atoms with E-state index in [1.807, 2.05) is 0 Å². The van der Waals surface area contributed by atoms with Crippen molar-refractivity contribution < 1.29 is 4.79 Å². The summed E-state index contributed by atoms with van der Waals surface area (Å²) in [6.45, 7) is 9.04. The van der Waals surface area contributed by atoms with Gasteiger partial charge in [0.05, 0.1) is 0 Å². The molecule has 4 nitrogen and oxygen atoms in total. The lowest BCUT2D eigenvalue weighted by Crippen LogP contribution is -2.48. The number of carbonyl (C=O) groups excluding carboxylic acids is 1. The van der Waals surface area contributed by atoms with Gasteiger partial charge in [-0.3, -0.25) is 4.79 Å². The SMILES string of the molecule is CCCN1CCCC(C(C)NC2CNC(=O)C2)C1. The fourth-order valence-electron chi connectivity index (χ4n) is 3.25. The Bertz CT molecular complexity index is 280. The Morgan fingerprint density at radius 1 is 1.56 bits per heavy atom. The van der Waals surface area contributed by atoms with Crippen LogP contribution in [0, 0.1) is 5.92 Å². The summed E-state index contributed by atoms with van der Waals surface area (Å²) < 4.78 is 0. The van der Waals surface area contributed by atoms with Crippen LogP contribution in [0.5, 0.6) is 0 Å². The van der Waals surface area contributed by atoms with Gasteiger partial charge >= 0.3 is 0 Å². The second-order valence-corrected chi connectivity index (χ2v) is 5.86. The smallest absolute Gasteiger partial charge is 0.221 e. The van der Waals surface area contributed by atoms with E-state index < -0.39 is 0 Å². The lowest BCUT2D eigenvalue weighted by molar-refractivity contribution is -0.119. The Kier molecular flexibility index (Phi) is 5.01. The fraction of sp³-hybridized carbons (Fsp3) is 0.929. The lowest BCUT2D eigenvalue weighted by Gasteiger charge is -2.36. The molecule has 2 rings (SSSR count). The molecule has 0 spiro atoms. The summed E-state index contributed by atoms with van der Waals surface area (Å²) in [5.41, 5.74) is 0. The van der Waals surface area contributed by atoms with Gasteiger partial charge in [0.2, 0.25) is 5.91 Å². The topological polar surface area (TPSA) is 44.4 Å². The third kappa shape index (κ3) is 3.69. The molecule has 18 heavy (non-hydrogen) atoms. The summed E-state index contributed by atoms with van der Waals surface area (Å²) in [6, 6.07) is 0.858. The first-order chi connectivity index (χ1) is 8.69. The minimum absolute atomic E-state index is 0.191. The van der Waals surface area contributed by atoms with E-state index in [1.54, 1.807) is 0 Å². The predicted octanol–water partition coefficient (Wildman–Crippen LogP) is 0.975. The van der Waals surface area contributed by atoms with E-state index in [1.165, 1.54) is 38.9 Å². The van der Waals surface area contributed by atoms with Crippen LogP contribution in [0.2, 0.25) is 0 Å². The number of piperidine rings is 1. The van der Waals surface area contributed by atoms with Crippen LogP contribution < -0.4 is 10.6 Å². The van der Waals surface area contributed by atoms with Gasteiger partial charge in [0.15, 0.2) is 0 Å². The van der Waals surface area contributed by atoms with Gasteiger partial charge in [-0.15, -0.1) is 0 Å². The highest BCUT2D eigenvalue weighted by atomic mass is 16.1. The van der Waals surface area contributed by atoms with Gasteiger partial charge in [-0.1, -0.05) is 6.92 Å². The van der Waals surface area contributed by atoms with Crippen molar-refractivity contribution in [2.75, 3.05) is 26.2 Å². The van der Waals surface area contributed by atoms with Gasteiger partial charge in [-0.25, -0.2) is 0 Å². The van der Waals surface area contributed by atoms with Crippen molar-refractivity contribution in [2.24, 2.45) is 5.92 Å². The number of nitrogens with zero attached hydrogens (tertiary/aromatic N) is 1. The number of amides is 1. The molecule has 0 aliphatic carbocycles. The van der Waals surface area contributed by atoms with Gasteiger partial charge < -0.3 is 15.5 Å². The molecule has 2 aliphatic heterocycles. The summed E-state index contributed by atoms with van der Waals surface area (Å²) in [5, 5.41) is 6.53. The largest absolute Gasteiger partial charge is 0.354 e. The second kappa shape index (κ2) is 6.53. The second-order valence-electron chi connectivity index (χ2n) is 5.86. The highest BCUT2D eigenvalue weighted by Gasteiger charge is 2.28. The molecule has 0 aromatic carbocycles. The zero-order valence-corrected chi connectivity index (χ0v) is 11.7. The van der Waals surface area contributed by atoms with Crippen LogP contribution in [-0.4, -0.2) is 49.1 Å². The maximum Gasteiger partial charge on any atom is 0.221 e. The first-order valence-corrected chi connectivity index (χ1v) is 7.44. The van der Waals surface area contributed by atoms with E-state index in [9.17, 15) is 4.79 Å². The fourth-order valence-corrected chi connectivity index (χ4v) is 3.25. The average Bonchev–Trinajstić information content (AvgIpc) is 2.75. The molecule has 0 radical (unpaired) electrons. The summed E-state index contributed by atoms with van der Waals surface area (Å²) in [6.07, 6.45) is 4.53. The van der Waals surface area contributed by atoms with E-state index in [0.717, 1.165) is 12.5 Å². The van der Waals surface area contributed by atoms with Crippen molar-refractivity contribution in [3.05, 3.63) is 0 Å². The standard InChI is InChI=1S/C14H27N3O/c1-3-6-17-7-4-5-12(10-17)11(2)16-13-8-14(18)15-9-13/h11-13,16H,3-10H2,1-2H3,(H,15,18). The van der Waals surface area contributed by atoms with E-state index in [-0.39, 0.29) is 5.91 Å². The Balaban J connectivity index is 1.77. The first kappa shape index (κ1) is 13.8. The lowest BCUT2D eigenvalue weighted by atomic mass is 9.91. The van der Waals surface area contributed by atoms with E-state index >= 15 is 0 Å². The van der Waals surface area contributed by atoms with Crippen LogP contribution in [0.1, 0.15) is 39.5 Å². The molecular weight excluding hydrogens is 226 g/mol. The molecule has 3 atom stereocenters. The molecule has 2 fully saturated rings. The highest BCUT2D eigenvalue weighted by Crippen LogP contribution is 2.20. The molecule has 4 heteroatoms. The quantitative estimate of drug-likeness (QED) is 0.767. The first-order valence-electron chi connectivity index (χ1n) is 7.44. The summed E-state index contributed by atoms with van der Waals surface area (Å²) in [7, 11) is 0. The van der Waals surface area contributed by atoms with Crippen molar-refractivity contribution >= 4 is 5.91 Å². The molecule has 2 N–H and O–H groups in total. The third-order valence-corrected chi connectivity index (χ3v) is 4.26. The van der Waals surface area contributed by atoms with Crippen molar-refractivity contribution in [2.45, 2.75) is 51.6 Å². The van der Waals surface area contributed by atoms with Gasteiger partial charge in [-0.05, 0) is 45.2 Å². The number of likely N-dealkylation sites (tertiary alicyclic amines) is 1. The maximum absolute atomic E-state index is 11.2. The van der Waals surface area contributed by atoms with Crippen LogP contribution in [0.25, 0.3) is 0 Å². The van der Waals surface area contributed by atoms with Crippen molar-refractivity contribution in [3.63, 3.8) is 0 Å². The molecule has 2 saturated heterocycles. The summed E-state index contributed by atoms with van der Waals surface area (Å²) in [4.78, 5) is 13.8. The molecular formula is C14H27N3O. The van der Waals surface area contributed by atoms with Crippen LogP contribution in [0.15, 0.2) is 0 Å². The van der Waals surface area contributed by atoms with Gasteiger partial charge in [0, 0.05) is 31.6 Å². The number of hydrogen-bond donors (Lipinski definition) is 2. The molecule has 1 amide bonds. The van der Waals surface area contributed by atoms with Gasteiger partial charge in [-0.2, -0.15) is 0 Å². The average molecular weight is 253 g/mol. The van der Waals surface area contributed by atoms with E-state index in [2.05, 4.69) is 29.4 Å². The molecule has 2 aliphatic rings. The normalized spacial score (nSPS) is 31.3. The summed E-state index contributed by atoms with van der Waals surface area (Å²) >= 11 is 0. The Morgan fingerprint density at radius 3 is 3.06 bits per heavy atom. The van der Waals surface area contributed by atoms with Crippen molar-refractivity contribution in [1.82, 2.24) is 15.5 Å². The summed E-state index contributed by atoms with van der Waals surface area (Å²) in [5.74, 6) is 0.928. The predicted molar refractivity (Wildman–Crippen MR) is 73.5 cm³/mol. The van der Waals surface area contributed by atoms with Crippen LogP contribution in [0.4, 0.5) is 0 Å². The van der Waals surface area contributed by atoms with Crippen LogP contribution in [0.3, 0.4) is 0 Å². The monoisotopic (exact) mass is 253 g/mol. The van der Waals surface area contributed by atoms with Gasteiger partial charge in [0.1, 0.15) is 0 Å². The number of rotatable bonds is 5. The Morgan fingerprint density at radius 2 is 2.39 bits per heavy atom. The third-order valence-electron chi connectivity index (χ3n) is 4.26. The van der Waals surface area contributed by atoms with Gasteiger partial charge in [0.25, 0.3) is 0 Å². The number of hydrogen-bond acceptors (Lipinski definition) is 3. The molecule has 0 bridgehead atoms. The van der Waals surface area contributed by atoms with Crippen molar-refractivity contribution in [3.8, 4) is 0 Å². The molecule has 0 aromatic heterocycles. The highest BCUT2D eigenvalue weighted by molar-refractivity contribution is 5.78. The molecule has 0 saturated carbocycles. The minimum atomic E-state index is 0.191. The molecule has 104 valence electrons. The van der Waals surface area contributed by atoms with Crippen molar-refractivity contribution in [1.29, 1.82) is 0 Å². The Labute approximate surface area is 110 Å². The van der Waals surface area contributed by atoms with Crippen LogP contribution in [-0.2, 0) is 4.79 Å². The zero-order valence-electron chi connectivity index (χ0n) is 11.7. The van der Waals surface area contributed by atoms with Crippen LogP contribution >= 0.6 is 0 Å². The zero-order chi connectivity index (χ0) is 13.0. The van der Waals surface area contributed by atoms with E-state index in [0.29, 0.717) is 18.5 Å². The van der Waals surface area contributed by atoms with E-state index in [4.69, 9.17) is 0 Å². The number of carbonyl (C=O) groups is 1. The number of nitrogens with one attached hydrogen (secondary N) is 2. The molecule has 2 heterocycles. The maximum atomic E-state index is 11.2.